The zero-order valence-corrected chi connectivity index (χ0v) is 18.3. The van der Waals surface area contributed by atoms with Crippen molar-refractivity contribution in [1.82, 2.24) is 24.1 Å². The minimum Gasteiger partial charge on any atom is -0.483 e. The van der Waals surface area contributed by atoms with Crippen LogP contribution in [0.5, 0.6) is 0 Å². The van der Waals surface area contributed by atoms with Gasteiger partial charge in [0.25, 0.3) is 12.0 Å². The zero-order valence-electron chi connectivity index (χ0n) is 18.3. The molecule has 2 bridgehead atoms. The van der Waals surface area contributed by atoms with E-state index in [1.807, 2.05) is 27.9 Å². The number of carbonyl (C=O) groups excluding carboxylic acids is 2. The van der Waals surface area contributed by atoms with Gasteiger partial charge in [-0.3, -0.25) is 28.4 Å². The molecule has 10 nitrogen and oxygen atoms in total. The minimum absolute atomic E-state index is 0.0187. The molecule has 1 fully saturated rings. The van der Waals surface area contributed by atoms with E-state index in [9.17, 15) is 14.4 Å². The fourth-order valence-corrected chi connectivity index (χ4v) is 4.75. The number of carbonyl (C=O) groups is 3. The van der Waals surface area contributed by atoms with Crippen LogP contribution in [0.25, 0.3) is 0 Å². The summed E-state index contributed by atoms with van der Waals surface area (Å²) >= 11 is 0. The third kappa shape index (κ3) is 4.90. The molecule has 0 unspecified atom stereocenters. The van der Waals surface area contributed by atoms with Crippen molar-refractivity contribution in [2.75, 3.05) is 26.7 Å². The predicted octanol–water partition coefficient (Wildman–Crippen LogP) is 0.801. The van der Waals surface area contributed by atoms with E-state index < -0.39 is 6.04 Å². The Morgan fingerprint density at radius 1 is 1.28 bits per heavy atom. The summed E-state index contributed by atoms with van der Waals surface area (Å²) < 4.78 is 3.53. The van der Waals surface area contributed by atoms with Crippen molar-refractivity contribution in [3.63, 3.8) is 0 Å². The molecule has 1 N–H and O–H groups in total. The first-order chi connectivity index (χ1) is 15.4. The van der Waals surface area contributed by atoms with Crippen LogP contribution in [-0.2, 0) is 20.9 Å². The largest absolute Gasteiger partial charge is 0.483 e. The van der Waals surface area contributed by atoms with Crippen molar-refractivity contribution in [3.8, 4) is 0 Å². The van der Waals surface area contributed by atoms with Crippen LogP contribution in [0.3, 0.4) is 0 Å². The van der Waals surface area contributed by atoms with E-state index >= 15 is 0 Å². The summed E-state index contributed by atoms with van der Waals surface area (Å²) in [5, 5.41) is 11.1. The van der Waals surface area contributed by atoms with Crippen molar-refractivity contribution in [2.24, 2.45) is 5.92 Å². The number of fused-ring (bicyclic) bond motifs is 4. The number of piperidine rings is 1. The standard InChI is InChI=1S/C21H27N5O3.CH2O2/c1-15(27)24-13-16-12-17(14-24)20(26-18(16)6-3-7-19(26)28)21(29)23(2)9-5-11-25-10-4-8-22-25;2-1-3/h3-4,6-8,10,16-17,20H,5,9,11-14H2,1-2H3;1H,(H,2,3)/t16-,17+,20-;/m1./s1. The van der Waals surface area contributed by atoms with Crippen LogP contribution in [0.1, 0.15) is 37.4 Å². The first-order valence-corrected chi connectivity index (χ1v) is 10.6. The summed E-state index contributed by atoms with van der Waals surface area (Å²) in [6.45, 7) is 3.76. The van der Waals surface area contributed by atoms with Gasteiger partial charge in [0, 0.05) is 76.1 Å². The Hall–Kier alpha value is -3.43. The van der Waals surface area contributed by atoms with Gasteiger partial charge >= 0.3 is 0 Å². The zero-order chi connectivity index (χ0) is 23.3. The van der Waals surface area contributed by atoms with Crippen molar-refractivity contribution in [2.45, 2.75) is 38.3 Å². The summed E-state index contributed by atoms with van der Waals surface area (Å²) in [5.74, 6) is 0.00566. The molecule has 2 aliphatic rings. The van der Waals surface area contributed by atoms with E-state index in [2.05, 4.69) is 5.10 Å². The van der Waals surface area contributed by atoms with Gasteiger partial charge < -0.3 is 14.9 Å². The van der Waals surface area contributed by atoms with E-state index in [-0.39, 0.29) is 35.7 Å². The maximum Gasteiger partial charge on any atom is 0.290 e. The van der Waals surface area contributed by atoms with E-state index in [0.717, 1.165) is 25.1 Å². The highest BCUT2D eigenvalue weighted by atomic mass is 16.3. The topological polar surface area (TPSA) is 118 Å². The Kier molecular flexibility index (Phi) is 7.45. The number of hydrogen-bond acceptors (Lipinski definition) is 5. The fraction of sp³-hybridized carbons (Fsp3) is 0.500. The van der Waals surface area contributed by atoms with Crippen molar-refractivity contribution in [1.29, 1.82) is 0 Å². The Labute approximate surface area is 186 Å². The van der Waals surface area contributed by atoms with E-state index in [1.54, 1.807) is 35.7 Å². The number of nitrogens with zero attached hydrogens (tertiary/aromatic N) is 5. The highest BCUT2D eigenvalue weighted by Gasteiger charge is 2.44. The maximum atomic E-state index is 13.4. The van der Waals surface area contributed by atoms with Crippen LogP contribution in [0, 0.1) is 5.92 Å². The Bertz CT molecular complexity index is 1000. The van der Waals surface area contributed by atoms with Crippen LogP contribution >= 0.6 is 0 Å². The molecule has 4 rings (SSSR count). The molecule has 2 aliphatic heterocycles. The third-order valence-corrected chi connectivity index (χ3v) is 6.16. The second-order valence-corrected chi connectivity index (χ2v) is 8.21. The summed E-state index contributed by atoms with van der Waals surface area (Å²) in [6, 6.07) is 6.50. The summed E-state index contributed by atoms with van der Waals surface area (Å²) in [7, 11) is 1.79. The molecule has 0 radical (unpaired) electrons. The summed E-state index contributed by atoms with van der Waals surface area (Å²) in [5.41, 5.74) is 0.722. The van der Waals surface area contributed by atoms with Gasteiger partial charge in [0.15, 0.2) is 0 Å². The number of hydrogen-bond donors (Lipinski definition) is 1. The van der Waals surface area contributed by atoms with Crippen molar-refractivity contribution < 1.29 is 19.5 Å². The first kappa shape index (κ1) is 23.2. The normalized spacial score (nSPS) is 21.1. The van der Waals surface area contributed by atoms with Crippen molar-refractivity contribution >= 4 is 18.3 Å². The molecule has 1 saturated heterocycles. The van der Waals surface area contributed by atoms with Crippen LogP contribution in [0.2, 0.25) is 0 Å². The Morgan fingerprint density at radius 2 is 2.03 bits per heavy atom. The number of pyridine rings is 1. The van der Waals surface area contributed by atoms with Crippen LogP contribution in [-0.4, -0.2) is 74.2 Å². The van der Waals surface area contributed by atoms with Gasteiger partial charge in [-0.05, 0) is 25.0 Å². The molecule has 0 aliphatic carbocycles. The monoisotopic (exact) mass is 443 g/mol. The molecular weight excluding hydrogens is 414 g/mol. The average molecular weight is 444 g/mol. The molecule has 32 heavy (non-hydrogen) atoms. The lowest BCUT2D eigenvalue weighted by molar-refractivity contribution is -0.140. The van der Waals surface area contributed by atoms with Gasteiger partial charge in [-0.15, -0.1) is 0 Å². The number of carboxylic acid groups (broad SMARTS) is 1. The number of rotatable bonds is 5. The molecule has 4 heterocycles. The second kappa shape index (κ2) is 10.3. The lowest BCUT2D eigenvalue weighted by Gasteiger charge is -2.46. The molecule has 0 aromatic carbocycles. The predicted molar refractivity (Wildman–Crippen MR) is 116 cm³/mol. The van der Waals surface area contributed by atoms with Gasteiger partial charge in [0.05, 0.1) is 0 Å². The molecule has 172 valence electrons. The number of aromatic nitrogens is 3. The Morgan fingerprint density at radius 3 is 2.69 bits per heavy atom. The van der Waals surface area contributed by atoms with Gasteiger partial charge in [-0.1, -0.05) is 6.07 Å². The van der Waals surface area contributed by atoms with Crippen LogP contribution in [0.15, 0.2) is 41.5 Å². The third-order valence-electron chi connectivity index (χ3n) is 6.16. The number of aryl methyl sites for hydroxylation is 1. The van der Waals surface area contributed by atoms with E-state index in [1.165, 1.54) is 6.07 Å². The van der Waals surface area contributed by atoms with Crippen LogP contribution in [0.4, 0.5) is 0 Å². The SMILES string of the molecule is CC(=O)N1C[C@H]2C[C@@H](C1)[C@H](C(=O)N(C)CCCn1cccn1)n1c2cccc1=O.O=CO. The number of likely N-dealkylation sites (tertiary alicyclic amines) is 1. The molecule has 2 aromatic rings. The minimum atomic E-state index is -0.563. The lowest BCUT2D eigenvalue weighted by atomic mass is 9.78. The second-order valence-electron chi connectivity index (χ2n) is 8.21. The molecule has 0 spiro atoms. The quantitative estimate of drug-likeness (QED) is 0.683. The van der Waals surface area contributed by atoms with Gasteiger partial charge in [-0.25, -0.2) is 0 Å². The molecule has 10 heteroatoms. The Balaban J connectivity index is 0.000000913. The highest BCUT2D eigenvalue weighted by Crippen LogP contribution is 2.41. The van der Waals surface area contributed by atoms with Gasteiger partial charge in [0.2, 0.25) is 11.8 Å². The first-order valence-electron chi connectivity index (χ1n) is 10.6. The smallest absolute Gasteiger partial charge is 0.290 e. The highest BCUT2D eigenvalue weighted by molar-refractivity contribution is 5.81. The van der Waals surface area contributed by atoms with Crippen molar-refractivity contribution in [3.05, 3.63) is 52.7 Å². The summed E-state index contributed by atoms with van der Waals surface area (Å²) in [4.78, 5) is 50.1. The maximum absolute atomic E-state index is 13.4. The summed E-state index contributed by atoms with van der Waals surface area (Å²) in [6.07, 6.45) is 5.24. The molecule has 3 atom stereocenters. The number of amides is 2. The van der Waals surface area contributed by atoms with Gasteiger partial charge in [0.1, 0.15) is 6.04 Å². The van der Waals surface area contributed by atoms with Gasteiger partial charge in [-0.2, -0.15) is 5.10 Å². The van der Waals surface area contributed by atoms with Crippen LogP contribution < -0.4 is 5.56 Å². The number of likely N-dealkylation sites (N-methyl/N-ethyl adjacent to an activating group) is 1. The molecule has 2 amide bonds. The molecule has 2 aromatic heterocycles. The van der Waals surface area contributed by atoms with E-state index in [4.69, 9.17) is 9.90 Å². The van der Waals surface area contributed by atoms with E-state index in [0.29, 0.717) is 19.6 Å². The molecule has 0 saturated carbocycles. The average Bonchev–Trinajstić information content (AvgIpc) is 3.28. The lowest BCUT2D eigenvalue weighted by Crippen LogP contribution is -2.54. The molecular formula is C22H29N5O5. The fourth-order valence-electron chi connectivity index (χ4n) is 4.75.